The molecule has 0 fully saturated rings. The minimum absolute atomic E-state index is 0.0745. The molecule has 1 amide bonds. The molecule has 1 aromatic heterocycles. The molecule has 0 aliphatic rings. The van der Waals surface area contributed by atoms with E-state index in [0.29, 0.717) is 0 Å². The van der Waals surface area contributed by atoms with Gasteiger partial charge >= 0.3 is 0 Å². The third-order valence-corrected chi connectivity index (χ3v) is 2.60. The molecule has 9 heteroatoms. The number of tetrazole rings is 1. The molecule has 0 aliphatic carbocycles. The maximum Gasteiger partial charge on any atom is 0.262 e. The van der Waals surface area contributed by atoms with E-state index in [1.165, 1.54) is 17.8 Å². The molecule has 2 rings (SSSR count). The molecule has 0 saturated heterocycles. The van der Waals surface area contributed by atoms with Gasteiger partial charge < -0.3 is 0 Å². The van der Waals surface area contributed by atoms with Crippen LogP contribution < -0.4 is 5.32 Å². The molecule has 1 aromatic carbocycles. The molecule has 0 aliphatic heterocycles. The number of nitrogens with zero attached hydrogens (tertiary/aromatic N) is 4. The number of hydrogen-bond donors (Lipinski definition) is 1. The Kier molecular flexibility index (Phi) is 3.44. The van der Waals surface area contributed by atoms with Crippen LogP contribution in [0.3, 0.4) is 0 Å². The number of nitrogens with one attached hydrogen (secondary N) is 1. The number of rotatable bonds is 2. The van der Waals surface area contributed by atoms with Crippen LogP contribution in [0.4, 0.5) is 10.3 Å². The quantitative estimate of drug-likeness (QED) is 0.917. The number of aryl methyl sites for hydroxylation is 1. The van der Waals surface area contributed by atoms with Crippen LogP contribution in [-0.2, 0) is 7.05 Å². The Hall–Kier alpha value is -1.73. The number of halogens is 3. The summed E-state index contributed by atoms with van der Waals surface area (Å²) in [7, 11) is 1.52. The van der Waals surface area contributed by atoms with Gasteiger partial charge in [0.05, 0.1) is 10.6 Å². The molecular weight excluding hydrogens is 284 g/mol. The fourth-order valence-electron chi connectivity index (χ4n) is 1.26. The van der Waals surface area contributed by atoms with Crippen molar-refractivity contribution in [2.45, 2.75) is 0 Å². The number of benzene rings is 1. The van der Waals surface area contributed by atoms with Crippen LogP contribution in [0, 0.1) is 5.82 Å². The molecule has 0 radical (unpaired) electrons. The van der Waals surface area contributed by atoms with Gasteiger partial charge in [0.15, 0.2) is 0 Å². The van der Waals surface area contributed by atoms with Crippen LogP contribution in [0.15, 0.2) is 12.1 Å². The second kappa shape index (κ2) is 4.87. The summed E-state index contributed by atoms with van der Waals surface area (Å²) in [5.74, 6) is -1.50. The highest BCUT2D eigenvalue weighted by Gasteiger charge is 2.19. The van der Waals surface area contributed by atoms with Crippen molar-refractivity contribution in [3.63, 3.8) is 0 Å². The Morgan fingerprint density at radius 3 is 2.72 bits per heavy atom. The van der Waals surface area contributed by atoms with Crippen LogP contribution >= 0.6 is 23.2 Å². The third-order valence-electron chi connectivity index (χ3n) is 2.08. The Balaban J connectivity index is 2.33. The first kappa shape index (κ1) is 12.7. The largest absolute Gasteiger partial charge is 0.289 e. The number of carbonyl (C=O) groups is 1. The zero-order valence-electron chi connectivity index (χ0n) is 8.99. The molecule has 0 saturated carbocycles. The maximum atomic E-state index is 13.6. The topological polar surface area (TPSA) is 72.7 Å². The summed E-state index contributed by atoms with van der Waals surface area (Å²) in [6.45, 7) is 0. The van der Waals surface area contributed by atoms with Gasteiger partial charge in [-0.2, -0.15) is 0 Å². The first-order chi connectivity index (χ1) is 8.49. The summed E-state index contributed by atoms with van der Waals surface area (Å²) >= 11 is 11.4. The van der Waals surface area contributed by atoms with E-state index in [2.05, 4.69) is 20.8 Å². The molecule has 94 valence electrons. The number of aromatic nitrogens is 4. The van der Waals surface area contributed by atoms with Crippen LogP contribution in [0.2, 0.25) is 10.0 Å². The fourth-order valence-corrected chi connectivity index (χ4v) is 1.81. The minimum Gasteiger partial charge on any atom is -0.289 e. The van der Waals surface area contributed by atoms with Gasteiger partial charge in [0.2, 0.25) is 5.95 Å². The van der Waals surface area contributed by atoms with E-state index in [1.54, 1.807) is 0 Å². The van der Waals surface area contributed by atoms with Gasteiger partial charge in [-0.15, -0.1) is 0 Å². The SMILES string of the molecule is Cn1nnnc1NC(=O)c1c(F)cc(Cl)cc1Cl. The van der Waals surface area contributed by atoms with Crippen LogP contribution in [0.5, 0.6) is 0 Å². The normalized spacial score (nSPS) is 10.4. The average Bonchev–Trinajstić information content (AvgIpc) is 2.62. The smallest absolute Gasteiger partial charge is 0.262 e. The van der Waals surface area contributed by atoms with E-state index in [1.807, 2.05) is 0 Å². The van der Waals surface area contributed by atoms with E-state index >= 15 is 0 Å². The molecular formula is C9H6Cl2FN5O. The Morgan fingerprint density at radius 1 is 1.44 bits per heavy atom. The molecule has 0 unspecified atom stereocenters. The van der Waals surface area contributed by atoms with Crippen molar-refractivity contribution in [2.75, 3.05) is 5.32 Å². The standard InChI is InChI=1S/C9H6Cl2FN5O/c1-17-9(14-15-16-17)13-8(18)7-5(11)2-4(10)3-6(7)12/h2-3H,1H3,(H,13,14,16,18). The van der Waals surface area contributed by atoms with Gasteiger partial charge in [-0.05, 0) is 22.6 Å². The van der Waals surface area contributed by atoms with E-state index < -0.39 is 11.7 Å². The zero-order valence-corrected chi connectivity index (χ0v) is 10.5. The number of carbonyl (C=O) groups excluding carboxylic acids is 1. The van der Waals surface area contributed by atoms with E-state index in [9.17, 15) is 9.18 Å². The molecule has 18 heavy (non-hydrogen) atoms. The lowest BCUT2D eigenvalue weighted by atomic mass is 10.2. The van der Waals surface area contributed by atoms with Crippen LogP contribution in [-0.4, -0.2) is 26.1 Å². The van der Waals surface area contributed by atoms with Crippen molar-refractivity contribution in [2.24, 2.45) is 7.05 Å². The number of amides is 1. The number of hydrogen-bond acceptors (Lipinski definition) is 4. The summed E-state index contributed by atoms with van der Waals surface area (Å²) in [5, 5.41) is 12.7. The highest BCUT2D eigenvalue weighted by atomic mass is 35.5. The predicted molar refractivity (Wildman–Crippen MR) is 63.2 cm³/mol. The van der Waals surface area contributed by atoms with Crippen molar-refractivity contribution in [1.82, 2.24) is 20.2 Å². The van der Waals surface area contributed by atoms with Gasteiger partial charge in [-0.25, -0.2) is 9.07 Å². The predicted octanol–water partition coefficient (Wildman–Crippen LogP) is 1.91. The summed E-state index contributed by atoms with van der Waals surface area (Å²) in [6, 6.07) is 2.27. The summed E-state index contributed by atoms with van der Waals surface area (Å²) in [4.78, 5) is 11.8. The van der Waals surface area contributed by atoms with E-state index in [0.717, 1.165) is 6.07 Å². The minimum atomic E-state index is -0.819. The maximum absolute atomic E-state index is 13.6. The molecule has 0 bridgehead atoms. The van der Waals surface area contributed by atoms with Crippen molar-refractivity contribution in [3.8, 4) is 0 Å². The lowest BCUT2D eigenvalue weighted by Crippen LogP contribution is -2.17. The van der Waals surface area contributed by atoms with Crippen molar-refractivity contribution in [3.05, 3.63) is 33.6 Å². The second-order valence-corrected chi connectivity index (χ2v) is 4.17. The lowest BCUT2D eigenvalue weighted by molar-refractivity contribution is 0.102. The Morgan fingerprint density at radius 2 is 2.17 bits per heavy atom. The van der Waals surface area contributed by atoms with E-state index in [-0.39, 0.29) is 21.6 Å². The second-order valence-electron chi connectivity index (χ2n) is 3.32. The Labute approximate surface area is 111 Å². The molecule has 1 N–H and O–H groups in total. The molecule has 0 atom stereocenters. The fraction of sp³-hybridized carbons (Fsp3) is 0.111. The van der Waals surface area contributed by atoms with Gasteiger partial charge in [0, 0.05) is 12.1 Å². The highest BCUT2D eigenvalue weighted by Crippen LogP contribution is 2.24. The summed E-state index contributed by atoms with van der Waals surface area (Å²) in [6.07, 6.45) is 0. The molecule has 1 heterocycles. The molecule has 6 nitrogen and oxygen atoms in total. The van der Waals surface area contributed by atoms with Gasteiger partial charge in [-0.1, -0.05) is 28.3 Å². The van der Waals surface area contributed by atoms with Crippen molar-refractivity contribution >= 4 is 35.1 Å². The van der Waals surface area contributed by atoms with Gasteiger partial charge in [-0.3, -0.25) is 10.1 Å². The monoisotopic (exact) mass is 289 g/mol. The first-order valence-electron chi connectivity index (χ1n) is 4.67. The summed E-state index contributed by atoms with van der Waals surface area (Å²) in [5.41, 5.74) is -0.316. The molecule has 2 aromatic rings. The number of anilines is 1. The van der Waals surface area contributed by atoms with Gasteiger partial charge in [0.25, 0.3) is 5.91 Å². The van der Waals surface area contributed by atoms with E-state index in [4.69, 9.17) is 23.2 Å². The third kappa shape index (κ3) is 2.41. The molecule has 0 spiro atoms. The zero-order chi connectivity index (χ0) is 13.3. The van der Waals surface area contributed by atoms with Crippen molar-refractivity contribution in [1.29, 1.82) is 0 Å². The Bertz CT molecular complexity index is 592. The van der Waals surface area contributed by atoms with Crippen LogP contribution in [0.25, 0.3) is 0 Å². The summed E-state index contributed by atoms with van der Waals surface area (Å²) < 4.78 is 14.8. The highest BCUT2D eigenvalue weighted by molar-refractivity contribution is 6.37. The average molecular weight is 290 g/mol. The first-order valence-corrected chi connectivity index (χ1v) is 5.43. The van der Waals surface area contributed by atoms with Gasteiger partial charge in [0.1, 0.15) is 5.82 Å². The van der Waals surface area contributed by atoms with Crippen molar-refractivity contribution < 1.29 is 9.18 Å². The van der Waals surface area contributed by atoms with Crippen LogP contribution in [0.1, 0.15) is 10.4 Å². The lowest BCUT2D eigenvalue weighted by Gasteiger charge is -2.06.